The van der Waals surface area contributed by atoms with Gasteiger partial charge in [-0.2, -0.15) is 0 Å². The molecule has 0 amide bonds. The molecule has 72 valence electrons. The molecule has 0 heterocycles. The Labute approximate surface area is 76.3 Å². The van der Waals surface area contributed by atoms with Crippen LogP contribution in [0.25, 0.3) is 0 Å². The number of ether oxygens (including phenoxy) is 1. The predicted molar refractivity (Wildman–Crippen MR) is 46.9 cm³/mol. The molecule has 3 heteroatoms. The van der Waals surface area contributed by atoms with E-state index in [1.165, 1.54) is 13.2 Å². The quantitative estimate of drug-likeness (QED) is 0.705. The third-order valence-electron chi connectivity index (χ3n) is 1.84. The fraction of sp³-hybridized carbons (Fsp3) is 0.400. The second kappa shape index (κ2) is 4.21. The van der Waals surface area contributed by atoms with Crippen LogP contribution in [0.2, 0.25) is 0 Å². The first-order chi connectivity index (χ1) is 6.19. The Kier molecular flexibility index (Phi) is 3.23. The van der Waals surface area contributed by atoms with Crippen LogP contribution in [0.1, 0.15) is 18.9 Å². The van der Waals surface area contributed by atoms with Gasteiger partial charge in [0.2, 0.25) is 0 Å². The minimum atomic E-state index is -0.603. The normalized spacial score (nSPS) is 10.2. The Bertz CT molecular complexity index is 297. The molecule has 1 rings (SSSR count). The molecule has 0 atom stereocenters. The predicted octanol–water partition coefficient (Wildman–Crippen LogP) is 2.93. The van der Waals surface area contributed by atoms with E-state index < -0.39 is 11.6 Å². The van der Waals surface area contributed by atoms with Gasteiger partial charge in [0.25, 0.3) is 0 Å². The van der Waals surface area contributed by atoms with Crippen LogP contribution in [0, 0.1) is 11.6 Å². The van der Waals surface area contributed by atoms with E-state index in [0.29, 0.717) is 17.7 Å². The molecule has 0 aliphatic carbocycles. The summed E-state index contributed by atoms with van der Waals surface area (Å²) in [5, 5.41) is 0. The van der Waals surface area contributed by atoms with Crippen LogP contribution in [0.4, 0.5) is 8.78 Å². The number of rotatable bonds is 3. The monoisotopic (exact) mass is 186 g/mol. The van der Waals surface area contributed by atoms with Crippen molar-refractivity contribution in [1.82, 2.24) is 0 Å². The summed E-state index contributed by atoms with van der Waals surface area (Å²) >= 11 is 0. The number of methoxy groups -OCH3 is 1. The molecule has 0 radical (unpaired) electrons. The van der Waals surface area contributed by atoms with Crippen molar-refractivity contribution >= 4 is 0 Å². The summed E-state index contributed by atoms with van der Waals surface area (Å²) in [6.45, 7) is 1.93. The van der Waals surface area contributed by atoms with Gasteiger partial charge in [0.05, 0.1) is 7.11 Å². The van der Waals surface area contributed by atoms with Gasteiger partial charge in [0.1, 0.15) is 17.4 Å². The maximum absolute atomic E-state index is 13.2. The van der Waals surface area contributed by atoms with Gasteiger partial charge in [-0.1, -0.05) is 13.3 Å². The van der Waals surface area contributed by atoms with Gasteiger partial charge in [0.15, 0.2) is 0 Å². The first kappa shape index (κ1) is 9.96. The molecular formula is C10H12F2O. The summed E-state index contributed by atoms with van der Waals surface area (Å²) in [5.74, 6) is -0.841. The Morgan fingerprint density at radius 3 is 2.54 bits per heavy atom. The molecule has 0 aliphatic rings. The maximum atomic E-state index is 13.2. The van der Waals surface area contributed by atoms with E-state index in [4.69, 9.17) is 4.74 Å². The number of halogens is 2. The molecule has 0 unspecified atom stereocenters. The molecule has 1 nitrogen and oxygen atoms in total. The van der Waals surface area contributed by atoms with Crippen molar-refractivity contribution in [3.8, 4) is 5.75 Å². The lowest BCUT2D eigenvalue weighted by molar-refractivity contribution is 0.399. The third-order valence-corrected chi connectivity index (χ3v) is 1.84. The van der Waals surface area contributed by atoms with E-state index in [2.05, 4.69) is 0 Å². The highest BCUT2D eigenvalue weighted by molar-refractivity contribution is 5.35. The zero-order valence-electron chi connectivity index (χ0n) is 7.73. The van der Waals surface area contributed by atoms with E-state index in [0.717, 1.165) is 12.5 Å². The van der Waals surface area contributed by atoms with Gasteiger partial charge in [-0.05, 0) is 6.42 Å². The Morgan fingerprint density at radius 1 is 1.31 bits per heavy atom. The molecule has 0 fully saturated rings. The highest BCUT2D eigenvalue weighted by Crippen LogP contribution is 2.24. The van der Waals surface area contributed by atoms with Gasteiger partial charge >= 0.3 is 0 Å². The lowest BCUT2D eigenvalue weighted by atomic mass is 10.1. The minimum absolute atomic E-state index is 0.291. The molecular weight excluding hydrogens is 174 g/mol. The molecule has 13 heavy (non-hydrogen) atoms. The van der Waals surface area contributed by atoms with E-state index in [1.54, 1.807) is 0 Å². The second-order valence-electron chi connectivity index (χ2n) is 2.82. The van der Waals surface area contributed by atoms with Crippen molar-refractivity contribution in [2.75, 3.05) is 7.11 Å². The van der Waals surface area contributed by atoms with Crippen molar-refractivity contribution in [3.05, 3.63) is 29.3 Å². The van der Waals surface area contributed by atoms with E-state index in [9.17, 15) is 8.78 Å². The SMILES string of the molecule is CCCc1c(F)cc(F)cc1OC. The summed E-state index contributed by atoms with van der Waals surface area (Å²) < 4.78 is 30.8. The molecule has 0 N–H and O–H groups in total. The van der Waals surface area contributed by atoms with Gasteiger partial charge in [-0.15, -0.1) is 0 Å². The average Bonchev–Trinajstić information content (AvgIpc) is 2.09. The van der Waals surface area contributed by atoms with Crippen molar-refractivity contribution in [1.29, 1.82) is 0 Å². The van der Waals surface area contributed by atoms with Crippen molar-refractivity contribution in [3.63, 3.8) is 0 Å². The van der Waals surface area contributed by atoms with Crippen LogP contribution in [-0.4, -0.2) is 7.11 Å². The Morgan fingerprint density at radius 2 is 2.00 bits per heavy atom. The zero-order valence-corrected chi connectivity index (χ0v) is 7.73. The summed E-state index contributed by atoms with van der Waals surface area (Å²) in [6.07, 6.45) is 1.37. The summed E-state index contributed by atoms with van der Waals surface area (Å²) in [5.41, 5.74) is 0.450. The summed E-state index contributed by atoms with van der Waals surface area (Å²) in [4.78, 5) is 0. The number of hydrogen-bond acceptors (Lipinski definition) is 1. The molecule has 0 aromatic heterocycles. The van der Waals surface area contributed by atoms with Crippen LogP contribution in [0.5, 0.6) is 5.75 Å². The molecule has 0 saturated carbocycles. The van der Waals surface area contributed by atoms with Gasteiger partial charge in [-0.3, -0.25) is 0 Å². The molecule has 0 bridgehead atoms. The maximum Gasteiger partial charge on any atom is 0.133 e. The molecule has 0 saturated heterocycles. The lowest BCUT2D eigenvalue weighted by Gasteiger charge is -2.08. The smallest absolute Gasteiger partial charge is 0.133 e. The van der Waals surface area contributed by atoms with Crippen molar-refractivity contribution in [2.45, 2.75) is 19.8 Å². The molecule has 1 aromatic carbocycles. The largest absolute Gasteiger partial charge is 0.496 e. The lowest BCUT2D eigenvalue weighted by Crippen LogP contribution is -1.97. The number of benzene rings is 1. The first-order valence-corrected chi connectivity index (χ1v) is 4.21. The van der Waals surface area contributed by atoms with Crippen LogP contribution < -0.4 is 4.74 Å². The minimum Gasteiger partial charge on any atom is -0.496 e. The standard InChI is InChI=1S/C10H12F2O/c1-3-4-8-9(12)5-7(11)6-10(8)13-2/h5-6H,3-4H2,1-2H3. The van der Waals surface area contributed by atoms with Crippen LogP contribution in [0.3, 0.4) is 0 Å². The van der Waals surface area contributed by atoms with Crippen molar-refractivity contribution in [2.24, 2.45) is 0 Å². The summed E-state index contributed by atoms with van der Waals surface area (Å²) in [7, 11) is 1.41. The topological polar surface area (TPSA) is 9.23 Å². The van der Waals surface area contributed by atoms with E-state index in [1.807, 2.05) is 6.92 Å². The Balaban J connectivity index is 3.13. The first-order valence-electron chi connectivity index (χ1n) is 4.21. The van der Waals surface area contributed by atoms with Gasteiger partial charge in [-0.25, -0.2) is 8.78 Å². The zero-order chi connectivity index (χ0) is 9.84. The summed E-state index contributed by atoms with van der Waals surface area (Å²) in [6, 6.07) is 2.08. The van der Waals surface area contributed by atoms with Crippen LogP contribution in [-0.2, 0) is 6.42 Å². The molecule has 0 spiro atoms. The fourth-order valence-corrected chi connectivity index (χ4v) is 1.25. The van der Waals surface area contributed by atoms with E-state index in [-0.39, 0.29) is 0 Å². The van der Waals surface area contributed by atoms with Crippen LogP contribution in [0.15, 0.2) is 12.1 Å². The highest BCUT2D eigenvalue weighted by Gasteiger charge is 2.10. The number of hydrogen-bond donors (Lipinski definition) is 0. The molecule has 0 aliphatic heterocycles. The second-order valence-corrected chi connectivity index (χ2v) is 2.82. The average molecular weight is 186 g/mol. The fourth-order valence-electron chi connectivity index (χ4n) is 1.25. The van der Waals surface area contributed by atoms with E-state index >= 15 is 0 Å². The highest BCUT2D eigenvalue weighted by atomic mass is 19.1. The van der Waals surface area contributed by atoms with Gasteiger partial charge in [0, 0.05) is 17.7 Å². The molecule has 1 aromatic rings. The Hall–Kier alpha value is -1.12. The van der Waals surface area contributed by atoms with Crippen molar-refractivity contribution < 1.29 is 13.5 Å². The van der Waals surface area contributed by atoms with Gasteiger partial charge < -0.3 is 4.74 Å². The third kappa shape index (κ3) is 2.17. The van der Waals surface area contributed by atoms with Crippen LogP contribution >= 0.6 is 0 Å².